The number of phenols is 2. The molecule has 188 valence electrons. The largest absolute Gasteiger partial charge is 0.508 e. The van der Waals surface area contributed by atoms with Crippen LogP contribution in [0, 0.1) is 5.92 Å². The smallest absolute Gasteiger partial charge is 0.255 e. The summed E-state index contributed by atoms with van der Waals surface area (Å²) in [7, 11) is 0. The predicted molar refractivity (Wildman–Crippen MR) is 128 cm³/mol. The van der Waals surface area contributed by atoms with Gasteiger partial charge in [0.1, 0.15) is 22.8 Å². The second-order valence-electron chi connectivity index (χ2n) is 10.2. The number of hydrogen-bond acceptors (Lipinski definition) is 9. The Kier molecular flexibility index (Phi) is 4.95. The molecule has 4 aliphatic rings. The number of Topliss-reactive ketones (excluding diaryl/α,β-unsaturated/α-hetero) is 2. The number of aromatic hydroxyl groups is 2. The van der Waals surface area contributed by atoms with Crippen molar-refractivity contribution in [3.8, 4) is 11.5 Å². The van der Waals surface area contributed by atoms with E-state index < -0.39 is 52.1 Å². The van der Waals surface area contributed by atoms with E-state index in [1.54, 1.807) is 18.2 Å². The number of benzene rings is 2. The van der Waals surface area contributed by atoms with Crippen LogP contribution in [0.25, 0.3) is 10.8 Å². The third kappa shape index (κ3) is 3.04. The highest BCUT2D eigenvalue weighted by atomic mass is 16.3. The lowest BCUT2D eigenvalue weighted by Crippen LogP contribution is -2.67. The Labute approximate surface area is 206 Å². The summed E-state index contributed by atoms with van der Waals surface area (Å²) < 4.78 is 0. The molecule has 1 saturated heterocycles. The van der Waals surface area contributed by atoms with Gasteiger partial charge in [-0.25, -0.2) is 0 Å². The molecule has 2 aromatic rings. The van der Waals surface area contributed by atoms with Gasteiger partial charge in [-0.2, -0.15) is 0 Å². The Bertz CT molecular complexity index is 1370. The number of fused-ring (bicyclic) bond motifs is 3. The van der Waals surface area contributed by atoms with E-state index in [1.165, 1.54) is 6.07 Å². The minimum atomic E-state index is -2.64. The van der Waals surface area contributed by atoms with Crippen molar-refractivity contribution in [3.05, 3.63) is 46.7 Å². The number of aliphatic hydroxyl groups is 2. The summed E-state index contributed by atoms with van der Waals surface area (Å²) in [5, 5.41) is 44.6. The second kappa shape index (κ2) is 7.76. The molecule has 3 aliphatic carbocycles. The molecule has 2 fully saturated rings. The zero-order valence-corrected chi connectivity index (χ0v) is 19.5. The predicted octanol–water partition coefficient (Wildman–Crippen LogP) is 0.366. The van der Waals surface area contributed by atoms with Crippen LogP contribution in [0.1, 0.15) is 28.8 Å². The molecule has 1 heterocycles. The van der Waals surface area contributed by atoms with Crippen molar-refractivity contribution in [2.75, 3.05) is 26.2 Å². The molecule has 1 saturated carbocycles. The van der Waals surface area contributed by atoms with Crippen LogP contribution < -0.4 is 5.73 Å². The molecule has 10 nitrogen and oxygen atoms in total. The summed E-state index contributed by atoms with van der Waals surface area (Å²) in [5.41, 5.74) is 2.14. The van der Waals surface area contributed by atoms with Gasteiger partial charge in [-0.15, -0.1) is 0 Å². The van der Waals surface area contributed by atoms with Gasteiger partial charge in [0.15, 0.2) is 11.4 Å². The van der Waals surface area contributed by atoms with E-state index in [9.17, 15) is 34.8 Å². The molecular weight excluding hydrogens is 466 g/mol. The summed E-state index contributed by atoms with van der Waals surface area (Å²) in [4.78, 5) is 43.9. The Hall–Kier alpha value is -3.47. The van der Waals surface area contributed by atoms with Gasteiger partial charge in [0, 0.05) is 38.1 Å². The van der Waals surface area contributed by atoms with Crippen molar-refractivity contribution in [1.82, 2.24) is 9.80 Å². The number of nitrogens with two attached hydrogens (primary N) is 1. The SMILES string of the molecule is NC(=O)C1=C(O)[C@@]2(O)C(=O)c3c(cc4cccc(O)c4c3O)C[C@H]2[C@@H](N2CCN(C3CC3)CC2)C1=O. The maximum absolute atomic E-state index is 13.8. The Balaban J connectivity index is 1.51. The van der Waals surface area contributed by atoms with Crippen LogP contribution in [0.5, 0.6) is 11.5 Å². The lowest BCUT2D eigenvalue weighted by atomic mass is 9.61. The number of carbonyl (C=O) groups is 3. The molecule has 10 heteroatoms. The average molecular weight is 494 g/mol. The first kappa shape index (κ1) is 23.0. The summed E-state index contributed by atoms with van der Waals surface area (Å²) in [6.07, 6.45) is 2.27. The minimum absolute atomic E-state index is 0.0217. The van der Waals surface area contributed by atoms with Crippen LogP contribution >= 0.6 is 0 Å². The highest BCUT2D eigenvalue weighted by Gasteiger charge is 2.62. The molecule has 6 rings (SSSR count). The van der Waals surface area contributed by atoms with Gasteiger partial charge in [0.25, 0.3) is 5.91 Å². The normalized spacial score (nSPS) is 29.4. The number of primary amides is 1. The van der Waals surface area contributed by atoms with E-state index in [1.807, 2.05) is 4.90 Å². The lowest BCUT2D eigenvalue weighted by molar-refractivity contribution is -0.134. The monoisotopic (exact) mass is 493 g/mol. The lowest BCUT2D eigenvalue weighted by Gasteiger charge is -2.50. The first-order valence-electron chi connectivity index (χ1n) is 12.1. The number of nitrogens with zero attached hydrogens (tertiary/aromatic N) is 2. The zero-order valence-electron chi connectivity index (χ0n) is 19.5. The third-order valence-electron chi connectivity index (χ3n) is 8.29. The topological polar surface area (TPSA) is 165 Å². The minimum Gasteiger partial charge on any atom is -0.508 e. The molecule has 2 aromatic carbocycles. The Morgan fingerprint density at radius 1 is 1.03 bits per heavy atom. The van der Waals surface area contributed by atoms with Gasteiger partial charge in [0.05, 0.1) is 17.0 Å². The van der Waals surface area contributed by atoms with Crippen molar-refractivity contribution in [3.63, 3.8) is 0 Å². The van der Waals surface area contributed by atoms with Crippen molar-refractivity contribution in [2.24, 2.45) is 11.7 Å². The molecule has 3 atom stereocenters. The molecule has 0 unspecified atom stereocenters. The number of amides is 1. The standard InChI is InChI=1S/C26H27N3O7/c27-25(35)19-22(32)20(29-8-6-28(7-9-29)14-4-5-14)15-11-13-10-12-2-1-3-16(30)17(12)21(31)18(13)23(33)26(15,36)24(19)34/h1-3,10,14-15,20,30-31,34,36H,4-9,11H2,(H2,27,35)/t15-,20+,26-/m0/s1. The van der Waals surface area contributed by atoms with Gasteiger partial charge in [-0.05, 0) is 36.3 Å². The molecule has 36 heavy (non-hydrogen) atoms. The molecule has 6 N–H and O–H groups in total. The second-order valence-corrected chi connectivity index (χ2v) is 10.2. The highest BCUT2D eigenvalue weighted by molar-refractivity contribution is 6.25. The number of aliphatic hydroxyl groups excluding tert-OH is 1. The van der Waals surface area contributed by atoms with E-state index in [0.29, 0.717) is 43.2 Å². The fraction of sp³-hybridized carbons (Fsp3) is 0.423. The molecule has 0 spiro atoms. The number of piperazine rings is 1. The van der Waals surface area contributed by atoms with Crippen LogP contribution in [0.4, 0.5) is 0 Å². The molecule has 1 amide bonds. The van der Waals surface area contributed by atoms with Crippen LogP contribution in [-0.2, 0) is 16.0 Å². The van der Waals surface area contributed by atoms with Crippen LogP contribution in [0.15, 0.2) is 35.6 Å². The number of ketones is 2. The molecule has 0 aromatic heterocycles. The van der Waals surface area contributed by atoms with E-state index in [2.05, 4.69) is 4.90 Å². The molecule has 0 radical (unpaired) electrons. The van der Waals surface area contributed by atoms with E-state index in [0.717, 1.165) is 12.8 Å². The summed E-state index contributed by atoms with van der Waals surface area (Å²) >= 11 is 0. The summed E-state index contributed by atoms with van der Waals surface area (Å²) in [6.45, 7) is 2.39. The van der Waals surface area contributed by atoms with Crippen molar-refractivity contribution in [2.45, 2.75) is 36.9 Å². The van der Waals surface area contributed by atoms with Crippen molar-refractivity contribution >= 4 is 28.2 Å². The molecular formula is C26H27N3O7. The maximum Gasteiger partial charge on any atom is 0.255 e. The average Bonchev–Trinajstić information content (AvgIpc) is 3.67. The summed E-state index contributed by atoms with van der Waals surface area (Å²) in [5.74, 6) is -5.95. The molecule has 1 aliphatic heterocycles. The van der Waals surface area contributed by atoms with Gasteiger partial charge in [-0.3, -0.25) is 24.2 Å². The maximum atomic E-state index is 13.8. The Morgan fingerprint density at radius 3 is 2.33 bits per heavy atom. The van der Waals surface area contributed by atoms with Gasteiger partial charge in [0.2, 0.25) is 5.78 Å². The van der Waals surface area contributed by atoms with E-state index in [-0.39, 0.29) is 23.1 Å². The van der Waals surface area contributed by atoms with Crippen molar-refractivity contribution in [1.29, 1.82) is 0 Å². The van der Waals surface area contributed by atoms with Gasteiger partial charge < -0.3 is 26.2 Å². The number of carbonyl (C=O) groups excluding carboxylic acids is 3. The van der Waals surface area contributed by atoms with E-state index >= 15 is 0 Å². The Morgan fingerprint density at radius 2 is 1.69 bits per heavy atom. The number of hydrogen-bond donors (Lipinski definition) is 5. The van der Waals surface area contributed by atoms with Gasteiger partial charge >= 0.3 is 0 Å². The van der Waals surface area contributed by atoms with Gasteiger partial charge in [-0.1, -0.05) is 18.2 Å². The number of rotatable bonds is 3. The third-order valence-corrected chi connectivity index (χ3v) is 8.29. The first-order valence-corrected chi connectivity index (χ1v) is 12.1. The van der Waals surface area contributed by atoms with Crippen LogP contribution in [-0.4, -0.2) is 91.6 Å². The highest BCUT2D eigenvalue weighted by Crippen LogP contribution is 2.49. The fourth-order valence-corrected chi connectivity index (χ4v) is 6.37. The number of phenolic OH excluding ortho intramolecular Hbond substituents is 2. The van der Waals surface area contributed by atoms with Crippen LogP contribution in [0.3, 0.4) is 0 Å². The quantitative estimate of drug-likeness (QED) is 0.380. The fourth-order valence-electron chi connectivity index (χ4n) is 6.37. The first-order chi connectivity index (χ1) is 17.1. The summed E-state index contributed by atoms with van der Waals surface area (Å²) in [6, 6.07) is 5.76. The van der Waals surface area contributed by atoms with E-state index in [4.69, 9.17) is 5.73 Å². The zero-order chi connectivity index (χ0) is 25.5. The van der Waals surface area contributed by atoms with Crippen molar-refractivity contribution < 1.29 is 34.8 Å². The van der Waals surface area contributed by atoms with Crippen LogP contribution in [0.2, 0.25) is 0 Å². The molecule has 0 bridgehead atoms.